The van der Waals surface area contributed by atoms with Gasteiger partial charge in [0.25, 0.3) is 0 Å². The average Bonchev–Trinajstić information content (AvgIpc) is 2.40. The maximum atomic E-state index is 13.8. The largest absolute Gasteiger partial charge is 0.314 e. The second-order valence-corrected chi connectivity index (χ2v) is 5.47. The van der Waals surface area contributed by atoms with Crippen molar-refractivity contribution < 1.29 is 4.39 Å². The van der Waals surface area contributed by atoms with Gasteiger partial charge in [0.15, 0.2) is 0 Å². The Morgan fingerprint density at radius 1 is 1.42 bits per heavy atom. The first-order valence-corrected chi connectivity index (χ1v) is 6.93. The number of aryl methyl sites for hydroxylation is 1. The molecule has 1 N–H and O–H groups in total. The highest BCUT2D eigenvalue weighted by atomic mass is 19.1. The van der Waals surface area contributed by atoms with Crippen molar-refractivity contribution >= 4 is 0 Å². The topological polar surface area (TPSA) is 15.3 Å². The molecule has 0 aromatic heterocycles. The Balaban J connectivity index is 2.24. The zero-order chi connectivity index (χ0) is 13.8. The van der Waals surface area contributed by atoms with Crippen molar-refractivity contribution in [3.63, 3.8) is 0 Å². The molecule has 0 amide bonds. The smallest absolute Gasteiger partial charge is 0.126 e. The van der Waals surface area contributed by atoms with Crippen LogP contribution in [0.3, 0.4) is 0 Å². The zero-order valence-electron chi connectivity index (χ0n) is 11.9. The van der Waals surface area contributed by atoms with Gasteiger partial charge in [0.1, 0.15) is 5.82 Å². The SMILES string of the molecule is C=C(C)C[C@@H](c1ccc(C)c(F)c1)N1CCNCC1. The summed E-state index contributed by atoms with van der Waals surface area (Å²) in [6, 6.07) is 5.85. The van der Waals surface area contributed by atoms with Crippen LogP contribution in [-0.2, 0) is 0 Å². The molecule has 1 aromatic carbocycles. The van der Waals surface area contributed by atoms with Gasteiger partial charge in [-0.05, 0) is 37.5 Å². The van der Waals surface area contributed by atoms with E-state index in [4.69, 9.17) is 0 Å². The van der Waals surface area contributed by atoms with E-state index in [0.717, 1.165) is 43.7 Å². The predicted molar refractivity (Wildman–Crippen MR) is 77.8 cm³/mol. The average molecular weight is 262 g/mol. The summed E-state index contributed by atoms with van der Waals surface area (Å²) in [6.45, 7) is 11.9. The second kappa shape index (κ2) is 6.31. The van der Waals surface area contributed by atoms with Gasteiger partial charge in [-0.15, -0.1) is 6.58 Å². The third kappa shape index (κ3) is 3.64. The van der Waals surface area contributed by atoms with Gasteiger partial charge < -0.3 is 5.32 Å². The Labute approximate surface area is 115 Å². The van der Waals surface area contributed by atoms with Gasteiger partial charge in [-0.3, -0.25) is 4.90 Å². The van der Waals surface area contributed by atoms with E-state index in [0.29, 0.717) is 5.56 Å². The minimum absolute atomic E-state index is 0.112. The summed E-state index contributed by atoms with van der Waals surface area (Å²) in [7, 11) is 0. The fraction of sp³-hybridized carbons (Fsp3) is 0.500. The molecular weight excluding hydrogens is 239 g/mol. The molecule has 1 aliphatic rings. The van der Waals surface area contributed by atoms with Crippen molar-refractivity contribution in [2.75, 3.05) is 26.2 Å². The molecule has 1 saturated heterocycles. The van der Waals surface area contributed by atoms with E-state index < -0.39 is 0 Å². The molecule has 0 spiro atoms. The molecule has 2 nitrogen and oxygen atoms in total. The molecule has 0 unspecified atom stereocenters. The summed E-state index contributed by atoms with van der Waals surface area (Å²) in [5.74, 6) is -0.112. The molecule has 0 aliphatic carbocycles. The van der Waals surface area contributed by atoms with Crippen molar-refractivity contribution in [2.45, 2.75) is 26.3 Å². The van der Waals surface area contributed by atoms with E-state index in [1.165, 1.54) is 0 Å². The quantitative estimate of drug-likeness (QED) is 0.839. The van der Waals surface area contributed by atoms with Crippen molar-refractivity contribution in [1.82, 2.24) is 10.2 Å². The van der Waals surface area contributed by atoms with Gasteiger partial charge in [-0.2, -0.15) is 0 Å². The van der Waals surface area contributed by atoms with Gasteiger partial charge in [-0.1, -0.05) is 17.7 Å². The Morgan fingerprint density at radius 2 is 2.11 bits per heavy atom. The standard InChI is InChI=1S/C16H23FN2/c1-12(2)10-16(19-8-6-18-7-9-19)14-5-4-13(3)15(17)11-14/h4-5,11,16,18H,1,6-10H2,2-3H3/t16-/m0/s1. The van der Waals surface area contributed by atoms with Gasteiger partial charge in [0, 0.05) is 32.2 Å². The number of nitrogens with one attached hydrogen (secondary N) is 1. The lowest BCUT2D eigenvalue weighted by Gasteiger charge is -2.35. The van der Waals surface area contributed by atoms with Crippen LogP contribution in [0.15, 0.2) is 30.4 Å². The van der Waals surface area contributed by atoms with Crippen molar-refractivity contribution in [2.24, 2.45) is 0 Å². The highest BCUT2D eigenvalue weighted by Gasteiger charge is 2.22. The number of hydrogen-bond donors (Lipinski definition) is 1. The summed E-state index contributed by atoms with van der Waals surface area (Å²) in [5.41, 5.74) is 2.91. The molecule has 0 radical (unpaired) electrons. The fourth-order valence-electron chi connectivity index (χ4n) is 2.60. The summed E-state index contributed by atoms with van der Waals surface area (Å²) in [6.07, 6.45) is 0.891. The number of nitrogens with zero attached hydrogens (tertiary/aromatic N) is 1. The Hall–Kier alpha value is -1.19. The number of rotatable bonds is 4. The highest BCUT2D eigenvalue weighted by molar-refractivity contribution is 5.27. The molecule has 1 aromatic rings. The molecule has 0 saturated carbocycles. The molecular formula is C16H23FN2. The van der Waals surface area contributed by atoms with E-state index in [1.54, 1.807) is 13.0 Å². The van der Waals surface area contributed by atoms with E-state index in [1.807, 2.05) is 19.1 Å². The molecule has 0 bridgehead atoms. The molecule has 1 fully saturated rings. The Bertz CT molecular complexity index is 450. The maximum Gasteiger partial charge on any atom is 0.126 e. The summed E-state index contributed by atoms with van der Waals surface area (Å²) in [4.78, 5) is 2.43. The fourth-order valence-corrected chi connectivity index (χ4v) is 2.60. The van der Waals surface area contributed by atoms with E-state index in [2.05, 4.69) is 16.8 Å². The van der Waals surface area contributed by atoms with Crippen LogP contribution in [0, 0.1) is 12.7 Å². The van der Waals surface area contributed by atoms with Gasteiger partial charge in [0.2, 0.25) is 0 Å². The molecule has 104 valence electrons. The third-order valence-electron chi connectivity index (χ3n) is 3.71. The second-order valence-electron chi connectivity index (χ2n) is 5.47. The summed E-state index contributed by atoms with van der Waals surface area (Å²) < 4.78 is 13.8. The lowest BCUT2D eigenvalue weighted by molar-refractivity contribution is 0.172. The predicted octanol–water partition coefficient (Wildman–Crippen LogP) is 3.05. The first-order valence-electron chi connectivity index (χ1n) is 6.93. The first kappa shape index (κ1) is 14.2. The number of hydrogen-bond acceptors (Lipinski definition) is 2. The zero-order valence-corrected chi connectivity index (χ0v) is 11.9. The molecule has 19 heavy (non-hydrogen) atoms. The minimum Gasteiger partial charge on any atom is -0.314 e. The lowest BCUT2D eigenvalue weighted by atomic mass is 9.97. The van der Waals surface area contributed by atoms with Crippen LogP contribution >= 0.6 is 0 Å². The number of halogens is 1. The molecule has 1 atom stereocenters. The van der Waals surface area contributed by atoms with Crippen LogP contribution in [-0.4, -0.2) is 31.1 Å². The third-order valence-corrected chi connectivity index (χ3v) is 3.71. The van der Waals surface area contributed by atoms with Crippen molar-refractivity contribution in [1.29, 1.82) is 0 Å². The van der Waals surface area contributed by atoms with Crippen molar-refractivity contribution in [3.05, 3.63) is 47.3 Å². The molecule has 1 heterocycles. The summed E-state index contributed by atoms with van der Waals surface area (Å²) in [5, 5.41) is 3.36. The minimum atomic E-state index is -0.112. The van der Waals surface area contributed by atoms with Gasteiger partial charge in [-0.25, -0.2) is 4.39 Å². The molecule has 2 rings (SSSR count). The van der Waals surface area contributed by atoms with Crippen LogP contribution < -0.4 is 5.32 Å². The highest BCUT2D eigenvalue weighted by Crippen LogP contribution is 2.28. The number of benzene rings is 1. The Morgan fingerprint density at radius 3 is 2.68 bits per heavy atom. The van der Waals surface area contributed by atoms with Crippen molar-refractivity contribution in [3.8, 4) is 0 Å². The summed E-state index contributed by atoms with van der Waals surface area (Å²) >= 11 is 0. The van der Waals surface area contributed by atoms with Crippen LogP contribution in [0.1, 0.15) is 30.5 Å². The first-order chi connectivity index (χ1) is 9.08. The normalized spacial score (nSPS) is 18.3. The number of piperazine rings is 1. The van der Waals surface area contributed by atoms with E-state index in [9.17, 15) is 4.39 Å². The monoisotopic (exact) mass is 262 g/mol. The molecule has 1 aliphatic heterocycles. The maximum absolute atomic E-state index is 13.8. The van der Waals surface area contributed by atoms with Crippen LogP contribution in [0.2, 0.25) is 0 Å². The van der Waals surface area contributed by atoms with E-state index >= 15 is 0 Å². The van der Waals surface area contributed by atoms with Gasteiger partial charge >= 0.3 is 0 Å². The molecule has 3 heteroatoms. The lowest BCUT2D eigenvalue weighted by Crippen LogP contribution is -2.45. The van der Waals surface area contributed by atoms with E-state index in [-0.39, 0.29) is 11.9 Å². The van der Waals surface area contributed by atoms with Gasteiger partial charge in [0.05, 0.1) is 0 Å². The van der Waals surface area contributed by atoms with Crippen LogP contribution in [0.25, 0.3) is 0 Å². The Kier molecular flexibility index (Phi) is 4.72. The van der Waals surface area contributed by atoms with Crippen LogP contribution in [0.4, 0.5) is 4.39 Å². The van der Waals surface area contributed by atoms with Crippen LogP contribution in [0.5, 0.6) is 0 Å².